The van der Waals surface area contributed by atoms with Gasteiger partial charge >= 0.3 is 0 Å². The summed E-state index contributed by atoms with van der Waals surface area (Å²) >= 11 is 0. The van der Waals surface area contributed by atoms with Crippen LogP contribution < -0.4 is 15.6 Å². The van der Waals surface area contributed by atoms with E-state index in [1.807, 2.05) is 27.7 Å². The number of benzene rings is 1. The van der Waals surface area contributed by atoms with Crippen LogP contribution in [0.15, 0.2) is 35.3 Å². The van der Waals surface area contributed by atoms with Crippen molar-refractivity contribution in [1.29, 1.82) is 0 Å². The van der Waals surface area contributed by atoms with Crippen LogP contribution in [0.5, 0.6) is 5.75 Å². The van der Waals surface area contributed by atoms with Crippen molar-refractivity contribution in [2.45, 2.75) is 40.3 Å². The predicted octanol–water partition coefficient (Wildman–Crippen LogP) is 2.93. The minimum absolute atomic E-state index is 0.158. The SMILES string of the molecule is COc1c(C)cnc(CNC(=O)c2nn(C(C)C)c(=O)c3ccccc23)c1C. The van der Waals surface area contributed by atoms with Gasteiger partial charge in [-0.2, -0.15) is 5.10 Å². The number of nitrogens with one attached hydrogen (secondary N) is 1. The molecule has 3 rings (SSSR count). The minimum atomic E-state index is -0.355. The minimum Gasteiger partial charge on any atom is -0.496 e. The maximum atomic E-state index is 12.9. The molecule has 0 radical (unpaired) electrons. The number of carbonyl (C=O) groups is 1. The van der Waals surface area contributed by atoms with E-state index in [0.717, 1.165) is 22.6 Å². The Labute approximate surface area is 163 Å². The highest BCUT2D eigenvalue weighted by molar-refractivity contribution is 6.04. The van der Waals surface area contributed by atoms with Crippen LogP contribution in [0.2, 0.25) is 0 Å². The third-order valence-electron chi connectivity index (χ3n) is 4.70. The number of nitrogens with zero attached hydrogens (tertiary/aromatic N) is 3. The summed E-state index contributed by atoms with van der Waals surface area (Å²) in [5, 5.41) is 8.21. The Bertz CT molecular complexity index is 1100. The maximum absolute atomic E-state index is 12.9. The van der Waals surface area contributed by atoms with Crippen LogP contribution in [0.4, 0.5) is 0 Å². The number of pyridine rings is 1. The maximum Gasteiger partial charge on any atom is 0.274 e. The fourth-order valence-corrected chi connectivity index (χ4v) is 3.22. The molecule has 1 amide bonds. The molecule has 28 heavy (non-hydrogen) atoms. The van der Waals surface area contributed by atoms with Crippen molar-refractivity contribution in [3.63, 3.8) is 0 Å². The lowest BCUT2D eigenvalue weighted by atomic mass is 10.1. The molecule has 0 aliphatic rings. The topological polar surface area (TPSA) is 86.1 Å². The number of carbonyl (C=O) groups excluding carboxylic acids is 1. The quantitative estimate of drug-likeness (QED) is 0.735. The van der Waals surface area contributed by atoms with E-state index in [4.69, 9.17) is 4.74 Å². The smallest absolute Gasteiger partial charge is 0.274 e. The van der Waals surface area contributed by atoms with E-state index in [2.05, 4.69) is 15.4 Å². The fraction of sp³-hybridized carbons (Fsp3) is 0.333. The number of hydrogen-bond acceptors (Lipinski definition) is 5. The second-order valence-corrected chi connectivity index (χ2v) is 6.97. The van der Waals surface area contributed by atoms with E-state index in [1.165, 1.54) is 4.68 Å². The van der Waals surface area contributed by atoms with E-state index in [9.17, 15) is 9.59 Å². The molecule has 0 bridgehead atoms. The van der Waals surface area contributed by atoms with Crippen LogP contribution in [0.3, 0.4) is 0 Å². The molecular weight excluding hydrogens is 356 g/mol. The van der Waals surface area contributed by atoms with Crippen LogP contribution in [-0.2, 0) is 6.54 Å². The number of aryl methyl sites for hydroxylation is 1. The van der Waals surface area contributed by atoms with Gasteiger partial charge in [-0.1, -0.05) is 18.2 Å². The predicted molar refractivity (Wildman–Crippen MR) is 108 cm³/mol. The highest BCUT2D eigenvalue weighted by atomic mass is 16.5. The zero-order chi connectivity index (χ0) is 20.4. The normalized spacial score (nSPS) is 11.1. The number of fused-ring (bicyclic) bond motifs is 1. The van der Waals surface area contributed by atoms with Gasteiger partial charge in [-0.15, -0.1) is 0 Å². The lowest BCUT2D eigenvalue weighted by molar-refractivity contribution is 0.0944. The first kappa shape index (κ1) is 19.5. The molecule has 2 aromatic heterocycles. The van der Waals surface area contributed by atoms with Crippen LogP contribution in [-0.4, -0.2) is 27.8 Å². The van der Waals surface area contributed by atoms with Crippen molar-refractivity contribution in [2.75, 3.05) is 7.11 Å². The van der Waals surface area contributed by atoms with Crippen LogP contribution in [0, 0.1) is 13.8 Å². The van der Waals surface area contributed by atoms with Gasteiger partial charge in [0.25, 0.3) is 11.5 Å². The molecule has 0 unspecified atom stereocenters. The largest absolute Gasteiger partial charge is 0.496 e. The molecule has 2 heterocycles. The van der Waals surface area contributed by atoms with Crippen molar-refractivity contribution >= 4 is 16.7 Å². The fourth-order valence-electron chi connectivity index (χ4n) is 3.22. The third-order valence-corrected chi connectivity index (χ3v) is 4.70. The molecular formula is C21H24N4O3. The summed E-state index contributed by atoms with van der Waals surface area (Å²) in [5.74, 6) is 0.405. The second-order valence-electron chi connectivity index (χ2n) is 6.97. The summed E-state index contributed by atoms with van der Waals surface area (Å²) in [6.45, 7) is 7.78. The van der Waals surface area contributed by atoms with Crippen molar-refractivity contribution in [2.24, 2.45) is 0 Å². The Kier molecular flexibility index (Phi) is 5.44. The molecule has 1 N–H and O–H groups in total. The van der Waals surface area contributed by atoms with E-state index >= 15 is 0 Å². The molecule has 7 heteroatoms. The number of amides is 1. The Balaban J connectivity index is 1.97. The lowest BCUT2D eigenvalue weighted by Crippen LogP contribution is -2.31. The van der Waals surface area contributed by atoms with Crippen molar-refractivity contribution in [1.82, 2.24) is 20.1 Å². The van der Waals surface area contributed by atoms with Gasteiger partial charge in [-0.25, -0.2) is 4.68 Å². The lowest BCUT2D eigenvalue weighted by Gasteiger charge is -2.15. The average Bonchev–Trinajstić information content (AvgIpc) is 2.67. The van der Waals surface area contributed by atoms with E-state index in [0.29, 0.717) is 10.8 Å². The highest BCUT2D eigenvalue weighted by Crippen LogP contribution is 2.24. The Morgan fingerprint density at radius 3 is 2.54 bits per heavy atom. The molecule has 0 atom stereocenters. The first-order valence-corrected chi connectivity index (χ1v) is 9.14. The first-order chi connectivity index (χ1) is 13.3. The Morgan fingerprint density at radius 2 is 1.89 bits per heavy atom. The summed E-state index contributed by atoms with van der Waals surface area (Å²) in [6.07, 6.45) is 1.72. The number of aromatic nitrogens is 3. The van der Waals surface area contributed by atoms with Crippen LogP contribution in [0.25, 0.3) is 10.8 Å². The standard InChI is InChI=1S/C21H24N4O3/c1-12(2)25-21(27)16-9-7-6-8-15(16)18(24-25)20(26)23-11-17-14(4)19(28-5)13(3)10-22-17/h6-10,12H,11H2,1-5H3,(H,23,26). The molecule has 0 saturated carbocycles. The van der Waals surface area contributed by atoms with Crippen molar-refractivity contribution in [3.05, 3.63) is 63.3 Å². The van der Waals surface area contributed by atoms with Gasteiger partial charge in [0.1, 0.15) is 5.75 Å². The van der Waals surface area contributed by atoms with Gasteiger partial charge in [-0.05, 0) is 33.8 Å². The molecule has 0 aliphatic heterocycles. The number of rotatable bonds is 5. The van der Waals surface area contributed by atoms with Crippen LogP contribution in [0.1, 0.15) is 47.2 Å². The van der Waals surface area contributed by atoms with E-state index in [-0.39, 0.29) is 29.7 Å². The molecule has 0 aliphatic carbocycles. The summed E-state index contributed by atoms with van der Waals surface area (Å²) in [4.78, 5) is 29.9. The zero-order valence-electron chi connectivity index (χ0n) is 16.7. The summed E-state index contributed by atoms with van der Waals surface area (Å²) in [6, 6.07) is 6.86. The highest BCUT2D eigenvalue weighted by Gasteiger charge is 2.18. The Hall–Kier alpha value is -3.22. The molecule has 3 aromatic rings. The van der Waals surface area contributed by atoms with Gasteiger partial charge < -0.3 is 10.1 Å². The van der Waals surface area contributed by atoms with E-state index in [1.54, 1.807) is 37.6 Å². The summed E-state index contributed by atoms with van der Waals surface area (Å²) in [7, 11) is 1.61. The van der Waals surface area contributed by atoms with Gasteiger partial charge in [0.15, 0.2) is 5.69 Å². The second kappa shape index (κ2) is 7.80. The molecule has 146 valence electrons. The number of hydrogen-bond donors (Lipinski definition) is 1. The van der Waals surface area contributed by atoms with Crippen molar-refractivity contribution < 1.29 is 9.53 Å². The number of ether oxygens (including phenoxy) is 1. The third kappa shape index (κ3) is 3.47. The molecule has 1 aromatic carbocycles. The molecule has 0 saturated heterocycles. The van der Waals surface area contributed by atoms with Gasteiger partial charge in [-0.3, -0.25) is 14.6 Å². The molecule has 7 nitrogen and oxygen atoms in total. The zero-order valence-corrected chi connectivity index (χ0v) is 16.7. The van der Waals surface area contributed by atoms with Crippen LogP contribution >= 0.6 is 0 Å². The monoisotopic (exact) mass is 380 g/mol. The van der Waals surface area contributed by atoms with Gasteiger partial charge in [0, 0.05) is 22.7 Å². The van der Waals surface area contributed by atoms with Crippen molar-refractivity contribution in [3.8, 4) is 5.75 Å². The van der Waals surface area contributed by atoms with Gasteiger partial charge in [0.05, 0.1) is 30.8 Å². The van der Waals surface area contributed by atoms with Gasteiger partial charge in [0.2, 0.25) is 0 Å². The summed E-state index contributed by atoms with van der Waals surface area (Å²) in [5.41, 5.74) is 2.56. The molecule has 0 spiro atoms. The Morgan fingerprint density at radius 1 is 1.21 bits per heavy atom. The summed E-state index contributed by atoms with van der Waals surface area (Å²) < 4.78 is 6.76. The molecule has 0 fully saturated rings. The average molecular weight is 380 g/mol. The first-order valence-electron chi connectivity index (χ1n) is 9.14. The number of methoxy groups -OCH3 is 1. The van der Waals surface area contributed by atoms with E-state index < -0.39 is 0 Å².